The van der Waals surface area contributed by atoms with Crippen molar-refractivity contribution in [3.05, 3.63) is 60.3 Å². The van der Waals surface area contributed by atoms with Gasteiger partial charge in [0, 0.05) is 66.9 Å². The van der Waals surface area contributed by atoms with Crippen LogP contribution in [0, 0.1) is 0 Å². The summed E-state index contributed by atoms with van der Waals surface area (Å²) in [5, 5.41) is 19.9. The van der Waals surface area contributed by atoms with Crippen molar-refractivity contribution in [2.24, 2.45) is 0 Å². The van der Waals surface area contributed by atoms with Crippen molar-refractivity contribution < 1.29 is 32.9 Å². The average molecular weight is 623 g/mol. The minimum atomic E-state index is -2.90. The number of likely N-dealkylation sites (tertiary alicyclic amines) is 1. The summed E-state index contributed by atoms with van der Waals surface area (Å²) in [5.41, 5.74) is 2.25. The highest BCUT2D eigenvalue weighted by Gasteiger charge is 2.29. The van der Waals surface area contributed by atoms with Crippen LogP contribution in [0.25, 0.3) is 11.1 Å². The van der Waals surface area contributed by atoms with Crippen LogP contribution in [0.3, 0.4) is 0 Å². The van der Waals surface area contributed by atoms with Gasteiger partial charge in [-0.05, 0) is 31.4 Å². The molecule has 4 aromatic rings. The lowest BCUT2D eigenvalue weighted by atomic mass is 10.1. The number of hydrogen-bond acceptors (Lipinski definition) is 10. The van der Waals surface area contributed by atoms with E-state index in [-0.39, 0.29) is 30.3 Å². The quantitative estimate of drug-likeness (QED) is 0.184. The molecule has 3 aromatic heterocycles. The lowest BCUT2D eigenvalue weighted by molar-refractivity contribution is 0.140. The number of ether oxygens (including phenoxy) is 3. The Bertz CT molecular complexity index is 1680. The van der Waals surface area contributed by atoms with Crippen molar-refractivity contribution in [3.63, 3.8) is 0 Å². The van der Waals surface area contributed by atoms with Crippen LogP contribution in [-0.2, 0) is 6.54 Å². The van der Waals surface area contributed by atoms with Gasteiger partial charge in [-0.25, -0.2) is 28.5 Å². The minimum absolute atomic E-state index is 0.0630. The number of nitrogens with one attached hydrogen (secondary N) is 2. The predicted octanol–water partition coefficient (Wildman–Crippen LogP) is 5.51. The molecule has 6 rings (SSSR count). The second-order valence-corrected chi connectivity index (χ2v) is 10.7. The lowest BCUT2D eigenvalue weighted by Crippen LogP contribution is -2.27. The van der Waals surface area contributed by atoms with Gasteiger partial charge in [-0.1, -0.05) is 0 Å². The number of alkyl halides is 2. The highest BCUT2D eigenvalue weighted by molar-refractivity contribution is 5.72. The summed E-state index contributed by atoms with van der Waals surface area (Å²) in [5.74, 6) is 1.77. The van der Waals surface area contributed by atoms with Gasteiger partial charge in [-0.3, -0.25) is 4.68 Å². The molecular formula is C30H32F2N8O5. The molecule has 1 saturated carbocycles. The van der Waals surface area contributed by atoms with E-state index in [1.807, 2.05) is 12.3 Å². The molecule has 45 heavy (non-hydrogen) atoms. The molecule has 236 valence electrons. The Labute approximate surface area is 257 Å². The average Bonchev–Trinajstić information content (AvgIpc) is 3.48. The van der Waals surface area contributed by atoms with Gasteiger partial charge in [0.1, 0.15) is 34.7 Å². The molecule has 1 aliphatic carbocycles. The topological polar surface area (TPSA) is 149 Å². The third kappa shape index (κ3) is 6.97. The number of benzene rings is 1. The van der Waals surface area contributed by atoms with Crippen molar-refractivity contribution in [3.8, 4) is 28.4 Å². The number of amides is 1. The fourth-order valence-corrected chi connectivity index (χ4v) is 5.03. The van der Waals surface area contributed by atoms with Crippen LogP contribution in [0.15, 0.2) is 48.9 Å². The molecule has 1 aliphatic heterocycles. The Morgan fingerprint density at radius 3 is 2.58 bits per heavy atom. The zero-order chi connectivity index (χ0) is 31.5. The van der Waals surface area contributed by atoms with Gasteiger partial charge in [0.25, 0.3) is 6.43 Å². The maximum Gasteiger partial charge on any atom is 0.407 e. The van der Waals surface area contributed by atoms with Gasteiger partial charge in [-0.2, -0.15) is 5.10 Å². The number of carbonyl (C=O) groups is 1. The van der Waals surface area contributed by atoms with Crippen LogP contribution in [0.1, 0.15) is 43.1 Å². The van der Waals surface area contributed by atoms with E-state index in [4.69, 9.17) is 14.2 Å². The van der Waals surface area contributed by atoms with E-state index in [9.17, 15) is 18.7 Å². The molecule has 0 unspecified atom stereocenters. The van der Waals surface area contributed by atoms with Gasteiger partial charge in [0.15, 0.2) is 5.82 Å². The maximum absolute atomic E-state index is 13.8. The van der Waals surface area contributed by atoms with Crippen molar-refractivity contribution in [2.75, 3.05) is 37.9 Å². The number of carboxylic acid groups (broad SMARTS) is 1. The van der Waals surface area contributed by atoms with Gasteiger partial charge >= 0.3 is 6.09 Å². The fraction of sp³-hybridized carbons (Fsp3) is 0.367. The van der Waals surface area contributed by atoms with E-state index in [1.54, 1.807) is 42.4 Å². The first kappa shape index (κ1) is 29.8. The first-order chi connectivity index (χ1) is 21.8. The van der Waals surface area contributed by atoms with E-state index < -0.39 is 18.3 Å². The van der Waals surface area contributed by atoms with E-state index in [0.717, 1.165) is 24.0 Å². The molecule has 0 spiro atoms. The summed E-state index contributed by atoms with van der Waals surface area (Å²) in [6.07, 6.45) is 3.94. The molecule has 1 saturated heterocycles. The number of methoxy groups -OCH3 is 2. The predicted molar refractivity (Wildman–Crippen MR) is 160 cm³/mol. The summed E-state index contributed by atoms with van der Waals surface area (Å²) in [7, 11) is 3.09. The number of aromatic nitrogens is 5. The van der Waals surface area contributed by atoms with E-state index >= 15 is 0 Å². The second kappa shape index (κ2) is 12.8. The van der Waals surface area contributed by atoms with Crippen molar-refractivity contribution >= 4 is 23.5 Å². The minimum Gasteiger partial charge on any atom is -0.497 e. The smallest absolute Gasteiger partial charge is 0.407 e. The van der Waals surface area contributed by atoms with Crippen LogP contribution in [0.2, 0.25) is 0 Å². The third-order valence-electron chi connectivity index (χ3n) is 7.55. The van der Waals surface area contributed by atoms with Crippen molar-refractivity contribution in [2.45, 2.75) is 44.4 Å². The standard InChI is InChI=1S/C30H32F2N8O5/c1-43-21-4-3-17(23(9-21)44-2)12-33-26-11-27(38-29(37-26)28(31)32)36-25-10-24(45-20-5-6-20)22(14-34-25)18-13-35-40(15-18)19-7-8-39(16-19)30(41)42/h3-4,9-11,13-15,19-20,28H,5-8,12,16H2,1-2H3,(H,41,42)(H2,33,34,36,37,38)/t19-/m0/s1. The number of pyridine rings is 1. The Morgan fingerprint density at radius 1 is 1.04 bits per heavy atom. The van der Waals surface area contributed by atoms with Crippen molar-refractivity contribution in [1.29, 1.82) is 0 Å². The molecule has 1 atom stereocenters. The summed E-state index contributed by atoms with van der Waals surface area (Å²) in [6, 6.07) is 8.48. The zero-order valence-corrected chi connectivity index (χ0v) is 24.6. The monoisotopic (exact) mass is 622 g/mol. The summed E-state index contributed by atoms with van der Waals surface area (Å²) >= 11 is 0. The third-order valence-corrected chi connectivity index (χ3v) is 7.55. The van der Waals surface area contributed by atoms with Crippen LogP contribution < -0.4 is 24.8 Å². The normalized spacial score (nSPS) is 16.1. The van der Waals surface area contributed by atoms with E-state index in [1.165, 1.54) is 18.1 Å². The van der Waals surface area contributed by atoms with Crippen LogP contribution >= 0.6 is 0 Å². The van der Waals surface area contributed by atoms with E-state index in [2.05, 4.69) is 30.7 Å². The number of hydrogen-bond donors (Lipinski definition) is 3. The van der Waals surface area contributed by atoms with E-state index in [0.29, 0.717) is 48.1 Å². The van der Waals surface area contributed by atoms with Crippen LogP contribution in [0.4, 0.5) is 31.0 Å². The Morgan fingerprint density at radius 2 is 1.87 bits per heavy atom. The van der Waals surface area contributed by atoms with Gasteiger partial charge in [0.05, 0.1) is 32.6 Å². The van der Waals surface area contributed by atoms with Gasteiger partial charge in [0.2, 0.25) is 0 Å². The fourth-order valence-electron chi connectivity index (χ4n) is 5.03. The number of anilines is 3. The second-order valence-electron chi connectivity index (χ2n) is 10.7. The summed E-state index contributed by atoms with van der Waals surface area (Å²) < 4.78 is 46.2. The highest BCUT2D eigenvalue weighted by atomic mass is 19.3. The highest BCUT2D eigenvalue weighted by Crippen LogP contribution is 2.37. The summed E-state index contributed by atoms with van der Waals surface area (Å²) in [4.78, 5) is 25.2. The Kier molecular flexibility index (Phi) is 8.49. The van der Waals surface area contributed by atoms with Crippen molar-refractivity contribution in [1.82, 2.24) is 29.6 Å². The number of nitrogens with zero attached hydrogens (tertiary/aromatic N) is 6. The van der Waals surface area contributed by atoms with Gasteiger partial charge < -0.3 is 34.9 Å². The summed E-state index contributed by atoms with van der Waals surface area (Å²) in [6.45, 7) is 1.07. The number of halogens is 2. The molecule has 15 heteroatoms. The lowest BCUT2D eigenvalue weighted by Gasteiger charge is -2.15. The molecule has 1 amide bonds. The Hall–Kier alpha value is -5.21. The SMILES string of the molecule is COc1ccc(CNc2cc(Nc3cc(OC4CC4)c(-c4cnn([C@H]5CCN(C(=O)O)C5)c4)cn3)nc(C(F)F)n2)c(OC)c1. The van der Waals surface area contributed by atoms with Gasteiger partial charge in [-0.15, -0.1) is 0 Å². The molecule has 1 aromatic carbocycles. The largest absolute Gasteiger partial charge is 0.497 e. The molecule has 2 aliphatic rings. The maximum atomic E-state index is 13.8. The first-order valence-electron chi connectivity index (χ1n) is 14.4. The number of rotatable bonds is 12. The molecule has 13 nitrogen and oxygen atoms in total. The molecule has 0 radical (unpaired) electrons. The Balaban J connectivity index is 1.22. The van der Waals surface area contributed by atoms with Crippen LogP contribution in [-0.4, -0.2) is 74.2 Å². The zero-order valence-electron chi connectivity index (χ0n) is 24.6. The molecule has 2 fully saturated rings. The molecular weight excluding hydrogens is 590 g/mol. The van der Waals surface area contributed by atoms with Crippen LogP contribution in [0.5, 0.6) is 17.2 Å². The molecule has 4 heterocycles. The first-order valence-corrected chi connectivity index (χ1v) is 14.4. The molecule has 0 bridgehead atoms. The molecule has 3 N–H and O–H groups in total.